The van der Waals surface area contributed by atoms with Crippen LogP contribution in [0.3, 0.4) is 0 Å². The molecule has 0 heterocycles. The molecule has 0 atom stereocenters. The van der Waals surface area contributed by atoms with Crippen molar-refractivity contribution in [2.45, 2.75) is 19.8 Å². The zero-order valence-electron chi connectivity index (χ0n) is 10.7. The van der Waals surface area contributed by atoms with Crippen molar-refractivity contribution >= 4 is 5.78 Å². The van der Waals surface area contributed by atoms with Crippen LogP contribution in [0, 0.1) is 0 Å². The largest absolute Gasteiger partial charge is 0.504 e. The summed E-state index contributed by atoms with van der Waals surface area (Å²) in [6.45, 7) is 4.24. The van der Waals surface area contributed by atoms with E-state index < -0.39 is 0 Å². The second kappa shape index (κ2) is 5.68. The molecular formula is C13H19NO3. The van der Waals surface area contributed by atoms with Crippen molar-refractivity contribution in [3.8, 4) is 11.5 Å². The summed E-state index contributed by atoms with van der Waals surface area (Å²) in [5, 5.41) is 12.7. The van der Waals surface area contributed by atoms with Crippen LogP contribution >= 0.6 is 0 Å². The first-order chi connectivity index (χ1) is 8.01. The van der Waals surface area contributed by atoms with Gasteiger partial charge in [0, 0.05) is 0 Å². The van der Waals surface area contributed by atoms with Gasteiger partial charge in [0.25, 0.3) is 0 Å². The summed E-state index contributed by atoms with van der Waals surface area (Å²) in [5.74, 6) is 0.379. The quantitative estimate of drug-likeness (QED) is 0.768. The molecule has 0 saturated carbocycles. The molecule has 0 radical (unpaired) electrons. The van der Waals surface area contributed by atoms with Gasteiger partial charge in [0.05, 0.1) is 19.2 Å². The normalized spacial score (nSPS) is 10.6. The number of phenolic OH excluding ortho intramolecular Hbond substituents is 1. The fraction of sp³-hybridized carbons (Fsp3) is 0.462. The van der Waals surface area contributed by atoms with Crippen molar-refractivity contribution in [1.82, 2.24) is 5.32 Å². The van der Waals surface area contributed by atoms with Gasteiger partial charge in [0.2, 0.25) is 0 Å². The predicted octanol–water partition coefficient (Wildman–Crippen LogP) is 1.93. The van der Waals surface area contributed by atoms with E-state index >= 15 is 0 Å². The number of benzene rings is 1. The molecule has 1 aromatic rings. The number of phenols is 1. The highest BCUT2D eigenvalue weighted by atomic mass is 16.5. The van der Waals surface area contributed by atoms with Gasteiger partial charge in [-0.25, -0.2) is 0 Å². The van der Waals surface area contributed by atoms with Gasteiger partial charge in [0.1, 0.15) is 0 Å². The number of hydrogen-bond acceptors (Lipinski definition) is 4. The summed E-state index contributed by atoms with van der Waals surface area (Å²) in [5.41, 5.74) is 1.28. The van der Waals surface area contributed by atoms with E-state index in [9.17, 15) is 9.90 Å². The highest BCUT2D eigenvalue weighted by Gasteiger charge is 2.17. The van der Waals surface area contributed by atoms with Gasteiger partial charge in [-0.15, -0.1) is 0 Å². The Morgan fingerprint density at radius 2 is 2.12 bits per heavy atom. The third kappa shape index (κ3) is 2.97. The molecule has 2 N–H and O–H groups in total. The second-order valence-corrected chi connectivity index (χ2v) is 4.23. The van der Waals surface area contributed by atoms with Gasteiger partial charge in [-0.1, -0.05) is 13.8 Å². The minimum atomic E-state index is -0.147. The van der Waals surface area contributed by atoms with Crippen LogP contribution in [0.1, 0.15) is 35.7 Å². The monoisotopic (exact) mass is 237 g/mol. The molecule has 0 aliphatic carbocycles. The Labute approximate surface area is 102 Å². The summed E-state index contributed by atoms with van der Waals surface area (Å²) in [6.07, 6.45) is 0. The molecule has 0 amide bonds. The third-order valence-electron chi connectivity index (χ3n) is 2.62. The van der Waals surface area contributed by atoms with Crippen LogP contribution in [0.15, 0.2) is 12.1 Å². The van der Waals surface area contributed by atoms with Crippen LogP contribution in [0.4, 0.5) is 0 Å². The lowest BCUT2D eigenvalue weighted by atomic mass is 9.97. The molecule has 0 bridgehead atoms. The van der Waals surface area contributed by atoms with Crippen LogP contribution in [0.2, 0.25) is 0 Å². The average Bonchev–Trinajstić information content (AvgIpc) is 2.29. The molecule has 1 rings (SSSR count). The molecule has 0 unspecified atom stereocenters. The number of ether oxygens (including phenoxy) is 1. The predicted molar refractivity (Wildman–Crippen MR) is 67.0 cm³/mol. The van der Waals surface area contributed by atoms with Gasteiger partial charge in [-0.3, -0.25) is 4.79 Å². The Morgan fingerprint density at radius 1 is 1.47 bits per heavy atom. The number of hydrogen-bond donors (Lipinski definition) is 2. The van der Waals surface area contributed by atoms with Crippen LogP contribution in [0.5, 0.6) is 11.5 Å². The van der Waals surface area contributed by atoms with E-state index in [-0.39, 0.29) is 24.0 Å². The summed E-state index contributed by atoms with van der Waals surface area (Å²) < 4.78 is 5.08. The highest BCUT2D eigenvalue weighted by molar-refractivity contribution is 6.01. The molecule has 0 aliphatic rings. The first-order valence-electron chi connectivity index (χ1n) is 5.60. The number of Topliss-reactive ketones (excluding diaryl/α,β-unsaturated/α-hetero) is 1. The first kappa shape index (κ1) is 13.5. The van der Waals surface area contributed by atoms with E-state index in [0.29, 0.717) is 11.3 Å². The Balaban J connectivity index is 3.27. The smallest absolute Gasteiger partial charge is 0.180 e. The number of aromatic hydroxyl groups is 1. The van der Waals surface area contributed by atoms with Gasteiger partial charge >= 0.3 is 0 Å². The lowest BCUT2D eigenvalue weighted by Crippen LogP contribution is -2.19. The molecule has 0 saturated heterocycles. The molecule has 17 heavy (non-hydrogen) atoms. The molecule has 0 aromatic heterocycles. The van der Waals surface area contributed by atoms with Crippen LogP contribution < -0.4 is 10.1 Å². The second-order valence-electron chi connectivity index (χ2n) is 4.23. The number of carbonyl (C=O) groups is 1. The lowest BCUT2D eigenvalue weighted by Gasteiger charge is -2.13. The van der Waals surface area contributed by atoms with E-state index in [1.807, 2.05) is 13.8 Å². The van der Waals surface area contributed by atoms with Crippen molar-refractivity contribution in [2.75, 3.05) is 20.7 Å². The lowest BCUT2D eigenvalue weighted by molar-refractivity contribution is 0.0990. The van der Waals surface area contributed by atoms with E-state index in [2.05, 4.69) is 5.32 Å². The van der Waals surface area contributed by atoms with Gasteiger partial charge in [-0.2, -0.15) is 0 Å². The van der Waals surface area contributed by atoms with Crippen LogP contribution in [0.25, 0.3) is 0 Å². The van der Waals surface area contributed by atoms with Crippen molar-refractivity contribution < 1.29 is 14.6 Å². The minimum Gasteiger partial charge on any atom is -0.504 e. The number of carbonyl (C=O) groups excluding carboxylic acids is 1. The van der Waals surface area contributed by atoms with Gasteiger partial charge in [0.15, 0.2) is 17.3 Å². The summed E-state index contributed by atoms with van der Waals surface area (Å²) >= 11 is 0. The topological polar surface area (TPSA) is 58.6 Å². The van der Waals surface area contributed by atoms with E-state index in [4.69, 9.17) is 4.74 Å². The Morgan fingerprint density at radius 3 is 2.59 bits per heavy atom. The van der Waals surface area contributed by atoms with Crippen molar-refractivity contribution in [3.05, 3.63) is 23.3 Å². The number of ketones is 1. The Bertz CT molecular complexity index is 413. The Kier molecular flexibility index (Phi) is 4.52. The SMILES string of the molecule is CNCC(=O)c1cc(C(C)C)cc(OC)c1O. The molecule has 4 heteroatoms. The van der Waals surface area contributed by atoms with Crippen molar-refractivity contribution in [1.29, 1.82) is 0 Å². The molecule has 94 valence electrons. The molecule has 0 fully saturated rings. The highest BCUT2D eigenvalue weighted by Crippen LogP contribution is 2.34. The van der Waals surface area contributed by atoms with E-state index in [1.165, 1.54) is 7.11 Å². The maximum atomic E-state index is 11.8. The minimum absolute atomic E-state index is 0.0860. The summed E-state index contributed by atoms with van der Waals surface area (Å²) in [7, 11) is 3.17. The standard InChI is InChI=1S/C13H19NO3/c1-8(2)9-5-10(11(15)7-14-3)13(16)12(6-9)17-4/h5-6,8,14,16H,7H2,1-4H3. The third-order valence-corrected chi connectivity index (χ3v) is 2.62. The summed E-state index contributed by atoms with van der Waals surface area (Å²) in [6, 6.07) is 3.48. The molecule has 0 spiro atoms. The molecule has 0 aliphatic heterocycles. The molecule has 4 nitrogen and oxygen atoms in total. The number of likely N-dealkylation sites (N-methyl/N-ethyl adjacent to an activating group) is 1. The van der Waals surface area contributed by atoms with Gasteiger partial charge in [-0.05, 0) is 30.7 Å². The van der Waals surface area contributed by atoms with Crippen molar-refractivity contribution in [3.63, 3.8) is 0 Å². The van der Waals surface area contributed by atoms with Crippen LogP contribution in [-0.2, 0) is 0 Å². The number of methoxy groups -OCH3 is 1. The number of nitrogens with one attached hydrogen (secondary N) is 1. The van der Waals surface area contributed by atoms with Crippen LogP contribution in [-0.4, -0.2) is 31.6 Å². The Hall–Kier alpha value is -1.55. The first-order valence-corrected chi connectivity index (χ1v) is 5.60. The fourth-order valence-electron chi connectivity index (χ4n) is 1.59. The zero-order chi connectivity index (χ0) is 13.0. The average molecular weight is 237 g/mol. The van der Waals surface area contributed by atoms with Crippen molar-refractivity contribution in [2.24, 2.45) is 0 Å². The maximum Gasteiger partial charge on any atom is 0.180 e. The fourth-order valence-corrected chi connectivity index (χ4v) is 1.59. The number of rotatable bonds is 5. The van der Waals surface area contributed by atoms with Gasteiger partial charge < -0.3 is 15.2 Å². The zero-order valence-corrected chi connectivity index (χ0v) is 10.7. The summed E-state index contributed by atoms with van der Waals surface area (Å²) in [4.78, 5) is 11.8. The van der Waals surface area contributed by atoms with E-state index in [1.54, 1.807) is 19.2 Å². The van der Waals surface area contributed by atoms with E-state index in [0.717, 1.165) is 5.56 Å². The molecule has 1 aromatic carbocycles. The maximum absolute atomic E-state index is 11.8. The molecular weight excluding hydrogens is 218 g/mol.